The number of hydrogen-bond donors (Lipinski definition) is 1. The minimum absolute atomic E-state index is 0.0770. The van der Waals surface area contributed by atoms with Crippen molar-refractivity contribution >= 4 is 5.91 Å². The van der Waals surface area contributed by atoms with Gasteiger partial charge in [0.2, 0.25) is 5.91 Å². The van der Waals surface area contributed by atoms with E-state index in [0.717, 1.165) is 38.4 Å². The number of halogens is 2. The molecule has 1 atom stereocenters. The molecule has 114 valence electrons. The quantitative estimate of drug-likeness (QED) is 0.928. The fourth-order valence-corrected chi connectivity index (χ4v) is 3.42. The minimum atomic E-state index is -0.596. The Morgan fingerprint density at radius 3 is 2.76 bits per heavy atom. The zero-order chi connectivity index (χ0) is 15.0. The molecule has 0 aromatic heterocycles. The molecular formula is C16H20F2N2O. The van der Waals surface area contributed by atoms with E-state index < -0.39 is 11.6 Å². The lowest BCUT2D eigenvalue weighted by Gasteiger charge is -2.25. The van der Waals surface area contributed by atoms with E-state index in [2.05, 4.69) is 5.32 Å². The van der Waals surface area contributed by atoms with E-state index in [4.69, 9.17) is 0 Å². The maximum Gasteiger partial charge on any atom is 0.226 e. The Kier molecular flexibility index (Phi) is 3.69. The van der Waals surface area contributed by atoms with Crippen LogP contribution in [0.15, 0.2) is 18.2 Å². The Balaban J connectivity index is 1.63. The van der Waals surface area contributed by atoms with Crippen molar-refractivity contribution in [1.29, 1.82) is 0 Å². The van der Waals surface area contributed by atoms with Crippen LogP contribution in [0.2, 0.25) is 0 Å². The van der Waals surface area contributed by atoms with Crippen molar-refractivity contribution in [2.24, 2.45) is 11.3 Å². The lowest BCUT2D eigenvalue weighted by atomic mass is 9.91. The average molecular weight is 294 g/mol. The van der Waals surface area contributed by atoms with Gasteiger partial charge in [0.25, 0.3) is 0 Å². The maximum atomic E-state index is 13.7. The van der Waals surface area contributed by atoms with Gasteiger partial charge in [-0.15, -0.1) is 0 Å². The fraction of sp³-hybridized carbons (Fsp3) is 0.562. The van der Waals surface area contributed by atoms with Gasteiger partial charge in [-0.1, -0.05) is 6.07 Å². The lowest BCUT2D eigenvalue weighted by Crippen LogP contribution is -2.34. The summed E-state index contributed by atoms with van der Waals surface area (Å²) >= 11 is 0. The highest BCUT2D eigenvalue weighted by Gasteiger charge is 2.58. The topological polar surface area (TPSA) is 32.3 Å². The SMILES string of the molecule is CN(Cc1ccc(F)cc1F)C(=O)C1CC12CCNCC2. The third-order valence-electron chi connectivity index (χ3n) is 4.89. The van der Waals surface area contributed by atoms with Gasteiger partial charge in [-0.25, -0.2) is 8.78 Å². The van der Waals surface area contributed by atoms with Crippen LogP contribution in [0.4, 0.5) is 8.78 Å². The highest BCUT2D eigenvalue weighted by molar-refractivity contribution is 5.82. The first-order valence-electron chi connectivity index (χ1n) is 7.41. The summed E-state index contributed by atoms with van der Waals surface area (Å²) in [6.07, 6.45) is 3.04. The Morgan fingerprint density at radius 1 is 1.38 bits per heavy atom. The van der Waals surface area contributed by atoms with Crippen LogP contribution in [0.5, 0.6) is 0 Å². The minimum Gasteiger partial charge on any atom is -0.341 e. The molecule has 1 aliphatic heterocycles. The predicted molar refractivity (Wildman–Crippen MR) is 75.5 cm³/mol. The normalized spacial score (nSPS) is 23.1. The van der Waals surface area contributed by atoms with Crippen molar-refractivity contribution in [1.82, 2.24) is 10.2 Å². The summed E-state index contributed by atoms with van der Waals surface area (Å²) in [5.41, 5.74) is 0.532. The molecular weight excluding hydrogens is 274 g/mol. The number of nitrogens with zero attached hydrogens (tertiary/aromatic N) is 1. The lowest BCUT2D eigenvalue weighted by molar-refractivity contribution is -0.132. The number of amides is 1. The van der Waals surface area contributed by atoms with Crippen LogP contribution in [0.25, 0.3) is 0 Å². The van der Waals surface area contributed by atoms with Gasteiger partial charge in [-0.3, -0.25) is 4.79 Å². The van der Waals surface area contributed by atoms with Gasteiger partial charge >= 0.3 is 0 Å². The number of carbonyl (C=O) groups excluding carboxylic acids is 1. The Bertz CT molecular complexity index is 555. The first-order valence-corrected chi connectivity index (χ1v) is 7.41. The number of carbonyl (C=O) groups is 1. The highest BCUT2D eigenvalue weighted by Crippen LogP contribution is 2.59. The van der Waals surface area contributed by atoms with Gasteiger partial charge < -0.3 is 10.2 Å². The van der Waals surface area contributed by atoms with Crippen molar-refractivity contribution < 1.29 is 13.6 Å². The van der Waals surface area contributed by atoms with Crippen molar-refractivity contribution in [3.05, 3.63) is 35.4 Å². The molecule has 5 heteroatoms. The molecule has 2 fully saturated rings. The third-order valence-corrected chi connectivity index (χ3v) is 4.89. The van der Waals surface area contributed by atoms with Gasteiger partial charge in [0.1, 0.15) is 11.6 Å². The highest BCUT2D eigenvalue weighted by atomic mass is 19.1. The van der Waals surface area contributed by atoms with Crippen molar-refractivity contribution in [2.75, 3.05) is 20.1 Å². The average Bonchev–Trinajstić information content (AvgIpc) is 3.15. The molecule has 3 rings (SSSR count). The third kappa shape index (κ3) is 2.79. The summed E-state index contributed by atoms with van der Waals surface area (Å²) in [6.45, 7) is 2.13. The molecule has 0 radical (unpaired) electrons. The molecule has 1 aliphatic carbocycles. The largest absolute Gasteiger partial charge is 0.341 e. The van der Waals surface area contributed by atoms with Gasteiger partial charge in [0.05, 0.1) is 0 Å². The van der Waals surface area contributed by atoms with Crippen LogP contribution >= 0.6 is 0 Å². The van der Waals surface area contributed by atoms with E-state index in [1.54, 1.807) is 11.9 Å². The van der Waals surface area contributed by atoms with Crippen LogP contribution in [-0.4, -0.2) is 30.9 Å². The van der Waals surface area contributed by atoms with E-state index in [1.165, 1.54) is 12.1 Å². The molecule has 1 N–H and O–H groups in total. The Morgan fingerprint density at radius 2 is 2.10 bits per heavy atom. The second kappa shape index (κ2) is 5.37. The summed E-state index contributed by atoms with van der Waals surface area (Å²) in [7, 11) is 1.69. The molecule has 1 saturated carbocycles. The van der Waals surface area contributed by atoms with Crippen LogP contribution < -0.4 is 5.32 Å². The van der Waals surface area contributed by atoms with Crippen LogP contribution in [0.1, 0.15) is 24.8 Å². The van der Waals surface area contributed by atoms with Crippen molar-refractivity contribution in [3.63, 3.8) is 0 Å². The maximum absolute atomic E-state index is 13.7. The van der Waals surface area contributed by atoms with Gasteiger partial charge in [0.15, 0.2) is 0 Å². The Labute approximate surface area is 123 Å². The van der Waals surface area contributed by atoms with Crippen LogP contribution in [0.3, 0.4) is 0 Å². The zero-order valence-electron chi connectivity index (χ0n) is 12.2. The number of benzene rings is 1. The first-order chi connectivity index (χ1) is 10.0. The van der Waals surface area contributed by atoms with Crippen molar-refractivity contribution in [2.45, 2.75) is 25.8 Å². The fourth-order valence-electron chi connectivity index (χ4n) is 3.42. The molecule has 21 heavy (non-hydrogen) atoms. The second-order valence-corrected chi connectivity index (χ2v) is 6.30. The first kappa shape index (κ1) is 14.4. The van der Waals surface area contributed by atoms with Gasteiger partial charge in [0, 0.05) is 31.1 Å². The molecule has 1 unspecified atom stereocenters. The van der Waals surface area contributed by atoms with E-state index >= 15 is 0 Å². The standard InChI is InChI=1S/C16H20F2N2O/c1-20(10-11-2-3-12(17)8-14(11)18)15(21)13-9-16(13)4-6-19-7-5-16/h2-3,8,13,19H,4-7,9-10H2,1H3. The van der Waals surface area contributed by atoms with E-state index in [1.807, 2.05) is 0 Å². The zero-order valence-corrected chi connectivity index (χ0v) is 12.2. The molecule has 2 aliphatic rings. The molecule has 1 amide bonds. The van der Waals surface area contributed by atoms with E-state index in [0.29, 0.717) is 5.56 Å². The summed E-state index contributed by atoms with van der Waals surface area (Å²) in [4.78, 5) is 14.0. The van der Waals surface area contributed by atoms with Crippen LogP contribution in [0, 0.1) is 23.0 Å². The van der Waals surface area contributed by atoms with Crippen LogP contribution in [-0.2, 0) is 11.3 Å². The van der Waals surface area contributed by atoms with Crippen molar-refractivity contribution in [3.8, 4) is 0 Å². The summed E-state index contributed by atoms with van der Waals surface area (Å²) < 4.78 is 26.5. The number of hydrogen-bond acceptors (Lipinski definition) is 2. The summed E-state index contributed by atoms with van der Waals surface area (Å²) in [6, 6.07) is 3.49. The molecule has 0 bridgehead atoms. The van der Waals surface area contributed by atoms with Gasteiger partial charge in [-0.2, -0.15) is 0 Å². The number of piperidine rings is 1. The molecule has 1 heterocycles. The molecule has 1 spiro atoms. The molecule has 1 aromatic rings. The number of rotatable bonds is 3. The number of nitrogens with one attached hydrogen (secondary N) is 1. The molecule has 1 aromatic carbocycles. The summed E-state index contributed by atoms with van der Waals surface area (Å²) in [5, 5.41) is 3.31. The summed E-state index contributed by atoms with van der Waals surface area (Å²) in [5.74, 6) is -1.03. The second-order valence-electron chi connectivity index (χ2n) is 6.30. The molecule has 1 saturated heterocycles. The Hall–Kier alpha value is -1.49. The predicted octanol–water partition coefficient (Wildman–Crippen LogP) is 2.31. The van der Waals surface area contributed by atoms with Gasteiger partial charge in [-0.05, 0) is 43.8 Å². The smallest absolute Gasteiger partial charge is 0.226 e. The van der Waals surface area contributed by atoms with E-state index in [9.17, 15) is 13.6 Å². The monoisotopic (exact) mass is 294 g/mol. The molecule has 3 nitrogen and oxygen atoms in total. The van der Waals surface area contributed by atoms with E-state index in [-0.39, 0.29) is 23.8 Å².